The zero-order chi connectivity index (χ0) is 15.0. The molecule has 0 radical (unpaired) electrons. The summed E-state index contributed by atoms with van der Waals surface area (Å²) in [6, 6.07) is 12.3. The molecule has 0 aliphatic carbocycles. The number of rotatable bonds is 2. The van der Waals surface area contributed by atoms with Crippen molar-refractivity contribution in [3.8, 4) is 0 Å². The van der Waals surface area contributed by atoms with Crippen LogP contribution < -0.4 is 4.90 Å². The van der Waals surface area contributed by atoms with Gasteiger partial charge in [0.1, 0.15) is 0 Å². The zero-order valence-corrected chi connectivity index (χ0v) is 12.7. The highest BCUT2D eigenvalue weighted by Gasteiger charge is 2.36. The average molecular weight is 356 g/mol. The van der Waals surface area contributed by atoms with E-state index >= 15 is 0 Å². The number of nitrogens with zero attached hydrogens (tertiary/aromatic N) is 1. The van der Waals surface area contributed by atoms with Crippen molar-refractivity contribution in [1.29, 1.82) is 0 Å². The van der Waals surface area contributed by atoms with Gasteiger partial charge in [-0.3, -0.25) is 0 Å². The molecule has 0 spiro atoms. The first-order valence-electron chi connectivity index (χ1n) is 6.57. The SMILES string of the molecule is FC(F)(F)c1cc(CBr)ccc1N1Cc2ccccc2C1. The molecular formula is C16H13BrF3N. The van der Waals surface area contributed by atoms with Gasteiger partial charge in [-0.25, -0.2) is 0 Å². The fourth-order valence-electron chi connectivity index (χ4n) is 2.67. The topological polar surface area (TPSA) is 3.24 Å². The third-order valence-electron chi connectivity index (χ3n) is 3.70. The van der Waals surface area contributed by atoms with Gasteiger partial charge in [-0.05, 0) is 28.8 Å². The monoisotopic (exact) mass is 355 g/mol. The Morgan fingerprint density at radius 3 is 2.14 bits per heavy atom. The van der Waals surface area contributed by atoms with Gasteiger partial charge in [0.25, 0.3) is 0 Å². The minimum Gasteiger partial charge on any atom is -0.362 e. The number of hydrogen-bond acceptors (Lipinski definition) is 1. The quantitative estimate of drug-likeness (QED) is 0.675. The number of alkyl halides is 4. The van der Waals surface area contributed by atoms with Crippen molar-refractivity contribution in [3.05, 3.63) is 64.7 Å². The van der Waals surface area contributed by atoms with E-state index in [4.69, 9.17) is 0 Å². The van der Waals surface area contributed by atoms with Gasteiger partial charge >= 0.3 is 6.18 Å². The van der Waals surface area contributed by atoms with Crippen molar-refractivity contribution in [2.45, 2.75) is 24.6 Å². The van der Waals surface area contributed by atoms with E-state index < -0.39 is 11.7 Å². The van der Waals surface area contributed by atoms with Gasteiger partial charge in [0.2, 0.25) is 0 Å². The first-order chi connectivity index (χ1) is 9.99. The Bertz CT molecular complexity index is 642. The van der Waals surface area contributed by atoms with Crippen molar-refractivity contribution in [1.82, 2.24) is 0 Å². The highest BCUT2D eigenvalue weighted by atomic mass is 79.9. The molecule has 0 saturated carbocycles. The Kier molecular flexibility index (Phi) is 3.69. The maximum absolute atomic E-state index is 13.3. The predicted octanol–water partition coefficient (Wildman–Crippen LogP) is 5.12. The second kappa shape index (κ2) is 5.37. The van der Waals surface area contributed by atoms with E-state index in [1.807, 2.05) is 24.3 Å². The van der Waals surface area contributed by atoms with E-state index in [-0.39, 0.29) is 5.69 Å². The van der Waals surface area contributed by atoms with Crippen LogP contribution in [0.25, 0.3) is 0 Å². The lowest BCUT2D eigenvalue weighted by atomic mass is 10.1. The maximum Gasteiger partial charge on any atom is 0.418 e. The molecule has 2 aromatic rings. The standard InChI is InChI=1S/C16H13BrF3N/c17-8-11-5-6-15(14(7-11)16(18,19)20)21-9-12-3-1-2-4-13(12)10-21/h1-7H,8-10H2. The first kappa shape index (κ1) is 14.4. The fraction of sp³-hybridized carbons (Fsp3) is 0.250. The van der Waals surface area contributed by atoms with E-state index in [9.17, 15) is 13.2 Å². The number of fused-ring (bicyclic) bond motifs is 1. The third kappa shape index (κ3) is 2.79. The van der Waals surface area contributed by atoms with Crippen molar-refractivity contribution < 1.29 is 13.2 Å². The molecule has 0 unspecified atom stereocenters. The number of hydrogen-bond donors (Lipinski definition) is 0. The number of benzene rings is 2. The van der Waals surface area contributed by atoms with Crippen LogP contribution in [0, 0.1) is 0 Å². The van der Waals surface area contributed by atoms with Gasteiger partial charge in [0.15, 0.2) is 0 Å². The smallest absolute Gasteiger partial charge is 0.362 e. The van der Waals surface area contributed by atoms with Crippen LogP contribution in [0.2, 0.25) is 0 Å². The summed E-state index contributed by atoms with van der Waals surface area (Å²) >= 11 is 3.21. The Hall–Kier alpha value is -1.49. The highest BCUT2D eigenvalue weighted by molar-refractivity contribution is 9.08. The number of halogens is 4. The average Bonchev–Trinajstić information content (AvgIpc) is 2.89. The molecule has 5 heteroatoms. The second-order valence-corrected chi connectivity index (χ2v) is 5.67. The summed E-state index contributed by atoms with van der Waals surface area (Å²) in [6.45, 7) is 1.04. The number of anilines is 1. The van der Waals surface area contributed by atoms with Crippen molar-refractivity contribution in [2.75, 3.05) is 4.90 Å². The Morgan fingerprint density at radius 2 is 1.62 bits per heavy atom. The molecule has 1 aliphatic heterocycles. The van der Waals surface area contributed by atoms with Gasteiger partial charge in [-0.15, -0.1) is 0 Å². The third-order valence-corrected chi connectivity index (χ3v) is 4.35. The molecule has 0 bridgehead atoms. The molecule has 1 nitrogen and oxygen atoms in total. The maximum atomic E-state index is 13.3. The largest absolute Gasteiger partial charge is 0.418 e. The van der Waals surface area contributed by atoms with Gasteiger partial charge in [0.05, 0.1) is 5.56 Å². The summed E-state index contributed by atoms with van der Waals surface area (Å²) in [5, 5.41) is 0.413. The summed E-state index contributed by atoms with van der Waals surface area (Å²) < 4.78 is 39.9. The van der Waals surface area contributed by atoms with Crippen LogP contribution in [-0.2, 0) is 24.6 Å². The molecule has 0 N–H and O–H groups in total. The van der Waals surface area contributed by atoms with Crippen LogP contribution in [0.1, 0.15) is 22.3 Å². The van der Waals surface area contributed by atoms with Crippen LogP contribution in [0.5, 0.6) is 0 Å². The Balaban J connectivity index is 2.00. The Morgan fingerprint density at radius 1 is 1.00 bits per heavy atom. The van der Waals surface area contributed by atoms with E-state index in [1.54, 1.807) is 17.0 Å². The van der Waals surface area contributed by atoms with Crippen LogP contribution in [0.4, 0.5) is 18.9 Å². The predicted molar refractivity (Wildman–Crippen MR) is 80.4 cm³/mol. The lowest BCUT2D eigenvalue weighted by molar-refractivity contribution is -0.137. The summed E-state index contributed by atoms with van der Waals surface area (Å²) in [5.41, 5.74) is 2.50. The van der Waals surface area contributed by atoms with Gasteiger partial charge in [0, 0.05) is 24.1 Å². The van der Waals surface area contributed by atoms with Crippen LogP contribution in [0.3, 0.4) is 0 Å². The molecule has 2 aromatic carbocycles. The molecule has 0 fully saturated rings. The molecule has 3 rings (SSSR count). The molecule has 0 atom stereocenters. The molecular weight excluding hydrogens is 343 g/mol. The molecule has 21 heavy (non-hydrogen) atoms. The molecule has 0 aromatic heterocycles. The fourth-order valence-corrected chi connectivity index (χ4v) is 3.02. The summed E-state index contributed by atoms with van der Waals surface area (Å²) in [4.78, 5) is 1.78. The minimum absolute atomic E-state index is 0.253. The normalized spacial score (nSPS) is 14.4. The summed E-state index contributed by atoms with van der Waals surface area (Å²) in [6.07, 6.45) is -4.34. The van der Waals surface area contributed by atoms with Crippen molar-refractivity contribution in [3.63, 3.8) is 0 Å². The minimum atomic E-state index is -4.34. The van der Waals surface area contributed by atoms with Crippen LogP contribution in [-0.4, -0.2) is 0 Å². The molecule has 0 amide bonds. The second-order valence-electron chi connectivity index (χ2n) is 5.11. The van der Waals surface area contributed by atoms with Crippen LogP contribution >= 0.6 is 15.9 Å². The van der Waals surface area contributed by atoms with E-state index in [2.05, 4.69) is 15.9 Å². The molecule has 1 heterocycles. The lowest BCUT2D eigenvalue weighted by Gasteiger charge is -2.23. The molecule has 1 aliphatic rings. The van der Waals surface area contributed by atoms with E-state index in [0.717, 1.165) is 11.1 Å². The summed E-state index contributed by atoms with van der Waals surface area (Å²) in [7, 11) is 0. The Labute approximate surface area is 129 Å². The van der Waals surface area contributed by atoms with E-state index in [0.29, 0.717) is 24.0 Å². The molecule has 110 valence electrons. The van der Waals surface area contributed by atoms with Gasteiger partial charge in [-0.2, -0.15) is 13.2 Å². The van der Waals surface area contributed by atoms with E-state index in [1.165, 1.54) is 6.07 Å². The molecule has 0 saturated heterocycles. The van der Waals surface area contributed by atoms with Gasteiger partial charge in [-0.1, -0.05) is 46.3 Å². The lowest BCUT2D eigenvalue weighted by Crippen LogP contribution is -2.20. The van der Waals surface area contributed by atoms with Crippen molar-refractivity contribution >= 4 is 21.6 Å². The zero-order valence-electron chi connectivity index (χ0n) is 11.1. The van der Waals surface area contributed by atoms with Gasteiger partial charge < -0.3 is 4.90 Å². The highest BCUT2D eigenvalue weighted by Crippen LogP contribution is 2.40. The van der Waals surface area contributed by atoms with Crippen molar-refractivity contribution in [2.24, 2.45) is 0 Å². The first-order valence-corrected chi connectivity index (χ1v) is 7.69. The van der Waals surface area contributed by atoms with Crippen LogP contribution in [0.15, 0.2) is 42.5 Å². The summed E-state index contributed by atoms with van der Waals surface area (Å²) in [5.74, 6) is 0.